The van der Waals surface area contributed by atoms with Crippen molar-refractivity contribution in [3.63, 3.8) is 0 Å². The van der Waals surface area contributed by atoms with Crippen molar-refractivity contribution in [2.24, 2.45) is 0 Å². The molecule has 3 aromatic rings. The molecule has 1 aliphatic rings. The first-order valence-electron chi connectivity index (χ1n) is 14.0. The number of alkyl halides is 3. The van der Waals surface area contributed by atoms with Gasteiger partial charge in [0.25, 0.3) is 5.91 Å². The van der Waals surface area contributed by atoms with Gasteiger partial charge in [-0.05, 0) is 22.3 Å². The summed E-state index contributed by atoms with van der Waals surface area (Å²) in [5.41, 5.74) is 9.42. The van der Waals surface area contributed by atoms with Crippen molar-refractivity contribution in [3.05, 3.63) is 11.4 Å². The van der Waals surface area contributed by atoms with Gasteiger partial charge >= 0.3 is 6.36 Å². The SMILES string of the molecule is Bc1nc(CN2C(=O)c3c(B)c(-c4c(B)c(B)c(OC(F)(F)F)c(B)c4B)c(B)c(B)c3OCC2(B)B)nc(B)c1B. The summed E-state index contributed by atoms with van der Waals surface area (Å²) < 4.78 is 50.6. The molecule has 0 radical (unpaired) electrons. The van der Waals surface area contributed by atoms with Gasteiger partial charge in [0.2, 0.25) is 0 Å². The second-order valence-electron chi connectivity index (χ2n) is 12.1. The molecule has 6 nitrogen and oxygen atoms in total. The smallest absolute Gasteiger partial charge is 0.493 e. The minimum absolute atomic E-state index is 0.181. The summed E-state index contributed by atoms with van der Waals surface area (Å²) >= 11 is 0. The molecule has 1 aliphatic heterocycles. The Morgan fingerprint density at radius 1 is 0.738 bits per heavy atom. The summed E-state index contributed by atoms with van der Waals surface area (Å²) in [6.07, 6.45) is -4.80. The topological polar surface area (TPSA) is 64.6 Å². The number of carbonyl (C=O) groups excluding carboxylic acids is 1. The normalized spacial score (nSPS) is 14.6. The molecule has 202 valence electrons. The van der Waals surface area contributed by atoms with Crippen molar-refractivity contribution < 1.29 is 27.4 Å². The number of aromatic nitrogens is 2. The van der Waals surface area contributed by atoms with Crippen molar-refractivity contribution >= 4 is 155 Å². The largest absolute Gasteiger partial charge is 0.573 e. The van der Waals surface area contributed by atoms with Gasteiger partial charge in [0.15, 0.2) is 15.7 Å². The Morgan fingerprint density at radius 2 is 1.21 bits per heavy atom. The van der Waals surface area contributed by atoms with Crippen LogP contribution in [0, 0.1) is 0 Å². The number of carbonyl (C=O) groups is 1. The van der Waals surface area contributed by atoms with Crippen LogP contribution in [0.1, 0.15) is 16.2 Å². The van der Waals surface area contributed by atoms with Gasteiger partial charge in [-0.1, -0.05) is 43.7 Å². The second kappa shape index (κ2) is 11.0. The number of halogens is 3. The van der Waals surface area contributed by atoms with Crippen LogP contribution >= 0.6 is 0 Å². The Balaban J connectivity index is 1.96. The van der Waals surface area contributed by atoms with Crippen molar-refractivity contribution in [3.8, 4) is 22.6 Å². The molecule has 0 aliphatic carbocycles. The first-order valence-corrected chi connectivity index (χ1v) is 14.0. The lowest BCUT2D eigenvalue weighted by atomic mass is 9.60. The molecule has 0 bridgehead atoms. The predicted octanol–water partition coefficient (Wildman–Crippen LogP) is -15.4. The number of rotatable bonds is 4. The zero-order chi connectivity index (χ0) is 31.6. The van der Waals surface area contributed by atoms with E-state index in [0.29, 0.717) is 44.5 Å². The maximum Gasteiger partial charge on any atom is 0.573 e. The predicted molar refractivity (Wildman–Crippen MR) is 198 cm³/mol. The van der Waals surface area contributed by atoms with Crippen LogP contribution in [-0.4, -0.2) is 133 Å². The van der Waals surface area contributed by atoms with E-state index in [4.69, 9.17) is 4.74 Å². The van der Waals surface area contributed by atoms with Crippen LogP contribution in [0.15, 0.2) is 0 Å². The summed E-state index contributed by atoms with van der Waals surface area (Å²) in [6.45, 7) is 0.479. The standard InChI is InChI=1S/C21H28B12F3N3O3/c22-7-4(5-9(24)12(27)16(13(28)10(5)25)42-21(34,35)36)8(23)11(26)15-6(7)19(40)39(20(32,33)2-41-15)1-3-37-17(30)14(29)18(31)38-3/h1-2,22-33H2. The fourth-order valence-corrected chi connectivity index (χ4v) is 5.93. The van der Waals surface area contributed by atoms with E-state index >= 15 is 0 Å². The number of fused-ring (bicyclic) bond motifs is 1. The van der Waals surface area contributed by atoms with Crippen LogP contribution in [0.4, 0.5) is 13.2 Å². The van der Waals surface area contributed by atoms with Crippen molar-refractivity contribution in [2.45, 2.75) is 18.2 Å². The molecule has 0 spiro atoms. The lowest BCUT2D eigenvalue weighted by Crippen LogP contribution is -2.56. The molecule has 0 unspecified atom stereocenters. The Labute approximate surface area is 255 Å². The summed E-state index contributed by atoms with van der Waals surface area (Å²) in [5, 5.41) is -0.672. The minimum atomic E-state index is -4.80. The maximum atomic E-state index is 14.5. The van der Waals surface area contributed by atoms with Gasteiger partial charge in [0.05, 0.1) is 18.7 Å². The van der Waals surface area contributed by atoms with Crippen LogP contribution in [-0.2, 0) is 6.54 Å². The van der Waals surface area contributed by atoms with Crippen molar-refractivity contribution in [1.82, 2.24) is 14.9 Å². The van der Waals surface area contributed by atoms with Crippen LogP contribution in [0.25, 0.3) is 11.1 Å². The molecular weight excluding hydrogens is 529 g/mol. The molecule has 1 amide bonds. The molecule has 42 heavy (non-hydrogen) atoms. The molecule has 0 N–H and O–H groups in total. The molecule has 0 fully saturated rings. The number of hydrogen-bond donors (Lipinski definition) is 0. The van der Waals surface area contributed by atoms with Crippen molar-refractivity contribution in [1.29, 1.82) is 0 Å². The highest BCUT2D eigenvalue weighted by molar-refractivity contribution is 6.64. The molecule has 1 aromatic heterocycles. The summed E-state index contributed by atoms with van der Waals surface area (Å²) in [5.74, 6) is 0.710. The summed E-state index contributed by atoms with van der Waals surface area (Å²) in [4.78, 5) is 25.6. The van der Waals surface area contributed by atoms with Gasteiger partial charge in [-0.15, -0.1) is 13.2 Å². The van der Waals surface area contributed by atoms with E-state index in [2.05, 4.69) is 14.7 Å². The molecule has 4 rings (SSSR count). The molecule has 0 saturated carbocycles. The quantitative estimate of drug-likeness (QED) is 0.299. The van der Waals surface area contributed by atoms with Crippen LogP contribution in [0.3, 0.4) is 0 Å². The second-order valence-corrected chi connectivity index (χ2v) is 12.1. The van der Waals surface area contributed by atoms with E-state index in [1.807, 2.05) is 62.8 Å². The van der Waals surface area contributed by atoms with Crippen LogP contribution in [0.2, 0.25) is 0 Å². The van der Waals surface area contributed by atoms with Gasteiger partial charge in [-0.2, -0.15) is 0 Å². The van der Waals surface area contributed by atoms with E-state index in [9.17, 15) is 18.0 Å². The molecule has 21 heteroatoms. The molecular formula is C21H28B12F3N3O3. The Bertz CT molecular complexity index is 1600. The van der Waals surface area contributed by atoms with E-state index < -0.39 is 11.7 Å². The highest BCUT2D eigenvalue weighted by atomic mass is 19.4. The van der Waals surface area contributed by atoms with Crippen molar-refractivity contribution in [2.75, 3.05) is 6.61 Å². The average molecular weight is 557 g/mol. The molecule has 2 aromatic carbocycles. The fourth-order valence-electron chi connectivity index (χ4n) is 5.93. The third-order valence-electron chi connectivity index (χ3n) is 9.02. The monoisotopic (exact) mass is 559 g/mol. The zero-order valence-electron chi connectivity index (χ0n) is 26.6. The molecule has 2 heterocycles. The molecule has 0 saturated heterocycles. The Morgan fingerprint density at radius 3 is 1.71 bits per heavy atom. The number of hydrogen-bond acceptors (Lipinski definition) is 5. The first-order chi connectivity index (χ1) is 19.3. The number of nitrogens with zero attached hydrogens (tertiary/aromatic N) is 3. The van der Waals surface area contributed by atoms with E-state index in [1.165, 1.54) is 0 Å². The van der Waals surface area contributed by atoms with Crippen LogP contribution in [0.5, 0.6) is 11.5 Å². The maximum absolute atomic E-state index is 14.5. The minimum Gasteiger partial charge on any atom is -0.493 e. The lowest BCUT2D eigenvalue weighted by molar-refractivity contribution is -0.273. The Kier molecular flexibility index (Phi) is 8.41. The fraction of sp³-hybridized carbons (Fsp3) is 0.190. The highest BCUT2D eigenvalue weighted by Gasteiger charge is 2.40. The highest BCUT2D eigenvalue weighted by Crippen LogP contribution is 2.28. The van der Waals surface area contributed by atoms with E-state index in [-0.39, 0.29) is 24.8 Å². The van der Waals surface area contributed by atoms with E-state index in [1.54, 1.807) is 36.3 Å². The van der Waals surface area contributed by atoms with Gasteiger partial charge in [-0.3, -0.25) is 4.79 Å². The van der Waals surface area contributed by atoms with Crippen LogP contribution < -0.4 is 64.4 Å². The Hall–Kier alpha value is -2.84. The average Bonchev–Trinajstić information content (AvgIpc) is 2.98. The first kappa shape index (κ1) is 32.1. The van der Waals surface area contributed by atoms with E-state index in [0.717, 1.165) is 38.7 Å². The van der Waals surface area contributed by atoms with Gasteiger partial charge in [-0.25, -0.2) is 9.97 Å². The number of amides is 1. The third-order valence-corrected chi connectivity index (χ3v) is 9.02. The van der Waals surface area contributed by atoms with Gasteiger partial charge in [0, 0.05) is 5.34 Å². The number of benzene rings is 2. The zero-order valence-corrected chi connectivity index (χ0v) is 26.6. The summed E-state index contributed by atoms with van der Waals surface area (Å²) in [6, 6.07) is 0. The molecule has 0 atom stereocenters. The lowest BCUT2D eigenvalue weighted by Gasteiger charge is -2.36. The number of ether oxygens (including phenoxy) is 2. The summed E-state index contributed by atoms with van der Waals surface area (Å²) in [7, 11) is 22.4. The third kappa shape index (κ3) is 5.48. The van der Waals surface area contributed by atoms with Gasteiger partial charge < -0.3 is 14.4 Å². The van der Waals surface area contributed by atoms with Gasteiger partial charge in [0.1, 0.15) is 95.8 Å².